The van der Waals surface area contributed by atoms with E-state index in [0.717, 1.165) is 27.3 Å². The largest absolute Gasteiger partial charge is 0.756 e. The third-order valence-corrected chi connectivity index (χ3v) is 9.32. The van der Waals surface area contributed by atoms with Gasteiger partial charge in [0, 0.05) is 19.5 Å². The summed E-state index contributed by atoms with van der Waals surface area (Å²) in [5, 5.41) is 38.8. The molecule has 0 saturated heterocycles. The van der Waals surface area contributed by atoms with Gasteiger partial charge in [-0.05, 0) is 44.0 Å². The van der Waals surface area contributed by atoms with Crippen LogP contribution in [-0.2, 0) is 28.6 Å². The van der Waals surface area contributed by atoms with Crippen molar-refractivity contribution in [2.75, 3.05) is 18.9 Å². The van der Waals surface area contributed by atoms with Crippen LogP contribution >= 0.6 is 19.2 Å². The van der Waals surface area contributed by atoms with Crippen molar-refractivity contribution >= 4 is 36.0 Å². The predicted molar refractivity (Wildman–Crippen MR) is 175 cm³/mol. The summed E-state index contributed by atoms with van der Waals surface area (Å²) in [5.41, 5.74) is 10.7. The van der Waals surface area contributed by atoms with Gasteiger partial charge >= 0.3 is 5.69 Å². The molecule has 0 amide bonds. The summed E-state index contributed by atoms with van der Waals surface area (Å²) in [4.78, 5) is 62.3. The number of nitrogens with two attached hydrogens (primary N) is 1. The van der Waals surface area contributed by atoms with Crippen molar-refractivity contribution in [1.82, 2.24) is 29.5 Å². The Kier molecular flexibility index (Phi) is 12.1. The molecule has 20 heteroatoms. The van der Waals surface area contributed by atoms with E-state index >= 15 is 0 Å². The molecule has 0 aliphatic carbocycles. The Morgan fingerprint density at radius 3 is 2.45 bits per heavy atom. The van der Waals surface area contributed by atoms with Crippen LogP contribution in [0.1, 0.15) is 33.1 Å². The number of nitrogens with one attached hydrogen (secondary N) is 1. The van der Waals surface area contributed by atoms with Gasteiger partial charge in [0.05, 0.1) is 41.2 Å². The molecule has 4 heterocycles. The lowest BCUT2D eigenvalue weighted by atomic mass is 10.1. The highest BCUT2D eigenvalue weighted by Crippen LogP contribution is 2.30. The smallest absolute Gasteiger partial charge is 0.349 e. The molecule has 0 saturated carbocycles. The van der Waals surface area contributed by atoms with Crippen LogP contribution in [0.2, 0.25) is 0 Å². The number of fused-ring (bicyclic) bond motifs is 2. The van der Waals surface area contributed by atoms with Crippen molar-refractivity contribution < 1.29 is 43.9 Å². The van der Waals surface area contributed by atoms with Crippen molar-refractivity contribution in [3.63, 3.8) is 0 Å². The second kappa shape index (κ2) is 15.7. The number of phosphoric acid groups is 1. The molecule has 0 spiro atoms. The van der Waals surface area contributed by atoms with E-state index in [1.807, 2.05) is 30.8 Å². The zero-order valence-corrected chi connectivity index (χ0v) is 28.7. The lowest BCUT2D eigenvalue weighted by Gasteiger charge is -2.25. The summed E-state index contributed by atoms with van der Waals surface area (Å²) < 4.78 is 18.3. The second-order valence-corrected chi connectivity index (χ2v) is 13.4. The summed E-state index contributed by atoms with van der Waals surface area (Å²) in [5.74, 6) is 1.02. The molecule has 0 bridgehead atoms. The molecule has 8 N–H and O–H groups in total. The van der Waals surface area contributed by atoms with Crippen molar-refractivity contribution in [2.24, 2.45) is 0 Å². The maximum absolute atomic E-state index is 12.2. The van der Waals surface area contributed by atoms with Crippen LogP contribution in [0.4, 0.5) is 5.82 Å². The number of aliphatic hydroxyl groups is 4. The van der Waals surface area contributed by atoms with E-state index in [4.69, 9.17) is 15.7 Å². The number of benzene rings is 1. The number of nitrogens with zero attached hydrogens (tertiary/aromatic N) is 6. The van der Waals surface area contributed by atoms with Gasteiger partial charge in [0.15, 0.2) is 23.8 Å². The minimum absolute atomic E-state index is 0.0516. The Morgan fingerprint density at radius 1 is 1.10 bits per heavy atom. The highest BCUT2D eigenvalue weighted by molar-refractivity contribution is 7.44. The fourth-order valence-electron chi connectivity index (χ4n) is 4.81. The molecule has 0 fully saturated rings. The maximum Gasteiger partial charge on any atom is 0.349 e. The molecule has 264 valence electrons. The third kappa shape index (κ3) is 9.35. The maximum atomic E-state index is 12.2. The van der Waals surface area contributed by atoms with E-state index in [-0.39, 0.29) is 24.7 Å². The average molecular weight is 721 g/mol. The van der Waals surface area contributed by atoms with Gasteiger partial charge in [-0.2, -0.15) is 9.55 Å². The minimum atomic E-state index is -4.66. The lowest BCUT2D eigenvalue weighted by molar-refractivity contribution is -0.689. The number of nitrogen functional groups attached to an aromatic ring is 1. The molecule has 2 aliphatic heterocycles. The molecule has 2 aliphatic rings. The number of hydrogen-bond acceptors (Lipinski definition) is 15. The number of aromatic amines is 1. The van der Waals surface area contributed by atoms with Crippen LogP contribution in [0.3, 0.4) is 0 Å². The second-order valence-electron chi connectivity index (χ2n) is 11.2. The van der Waals surface area contributed by atoms with Gasteiger partial charge in [-0.15, -0.1) is 0 Å². The first-order chi connectivity index (χ1) is 23.0. The summed E-state index contributed by atoms with van der Waals surface area (Å²) in [6.45, 7) is 6.88. The molecule has 2 aromatic heterocycles. The first-order valence-corrected chi connectivity index (χ1v) is 17.2. The van der Waals surface area contributed by atoms with E-state index in [9.17, 15) is 34.4 Å². The topological polar surface area (TPSA) is 287 Å². The number of anilines is 1. The molecule has 18 nitrogen and oxygen atoms in total. The van der Waals surface area contributed by atoms with Gasteiger partial charge in [0.2, 0.25) is 5.51 Å². The van der Waals surface area contributed by atoms with Crippen molar-refractivity contribution in [2.45, 2.75) is 65.5 Å². The fraction of sp³-hybridized carbons (Fsp3) is 0.414. The number of aryl methyl sites for hydroxylation is 3. The first kappa shape index (κ1) is 37.8. The SMILES string of the molecule is Cc1cc2nc3c(=O)[nH]c(=O)nc-3n(C[C@H](O)[C@H](O)[C@H](O)CO)c2cc1C.Cc1ncc(C[n+]2csc(CCOP(=O)([O-])O)c2C)c(N)n1. The van der Waals surface area contributed by atoms with E-state index < -0.39 is 44.0 Å². The quantitative estimate of drug-likeness (QED) is 0.0458. The predicted octanol–water partition coefficient (Wildman–Crippen LogP) is -1.63. The van der Waals surface area contributed by atoms with E-state index in [0.29, 0.717) is 35.6 Å². The Hall–Kier alpha value is -4.04. The summed E-state index contributed by atoms with van der Waals surface area (Å²) in [6.07, 6.45) is -2.58. The van der Waals surface area contributed by atoms with Crippen molar-refractivity contribution in [3.05, 3.63) is 77.8 Å². The van der Waals surface area contributed by atoms with Crippen LogP contribution in [0.25, 0.3) is 22.6 Å². The highest BCUT2D eigenvalue weighted by Gasteiger charge is 2.27. The first-order valence-electron chi connectivity index (χ1n) is 14.8. The number of phosphoric ester groups is 1. The Labute approximate surface area is 282 Å². The zero-order chi connectivity index (χ0) is 36.2. The molecule has 5 rings (SSSR count). The van der Waals surface area contributed by atoms with Gasteiger partial charge in [-0.1, -0.05) is 11.3 Å². The van der Waals surface area contributed by atoms with Gasteiger partial charge < -0.3 is 45.0 Å². The minimum Gasteiger partial charge on any atom is -0.756 e. The van der Waals surface area contributed by atoms with E-state index in [1.54, 1.807) is 25.3 Å². The number of thiazole rings is 1. The molecule has 49 heavy (non-hydrogen) atoms. The summed E-state index contributed by atoms with van der Waals surface area (Å²) >= 11 is 1.48. The monoisotopic (exact) mass is 720 g/mol. The fourth-order valence-corrected chi connectivity index (χ4v) is 6.11. The Balaban J connectivity index is 0.000000226. The number of H-pyrrole nitrogens is 1. The molecule has 3 aromatic rings. The molecular weight excluding hydrogens is 683 g/mol. The number of rotatable bonds is 11. The number of hydrogen-bond donors (Lipinski definition) is 7. The van der Waals surface area contributed by atoms with E-state index in [2.05, 4.69) is 29.4 Å². The molecule has 4 atom stereocenters. The van der Waals surface area contributed by atoms with Gasteiger partial charge in [-0.25, -0.2) is 19.7 Å². The lowest BCUT2D eigenvalue weighted by Crippen LogP contribution is -2.42. The zero-order valence-electron chi connectivity index (χ0n) is 27.0. The van der Waals surface area contributed by atoms with Crippen LogP contribution in [-0.4, -0.2) is 86.3 Å². The van der Waals surface area contributed by atoms with Crippen LogP contribution in [0.5, 0.6) is 0 Å². The van der Waals surface area contributed by atoms with Gasteiger partial charge in [-0.3, -0.25) is 14.3 Å². The molecule has 1 aromatic carbocycles. The normalized spacial score (nSPS) is 14.7. The van der Waals surface area contributed by atoms with Gasteiger partial charge in [0.25, 0.3) is 13.4 Å². The number of aliphatic hydroxyl groups excluding tert-OH is 4. The Bertz CT molecular complexity index is 2080. The molecule has 1 unspecified atom stereocenters. The van der Waals surface area contributed by atoms with Crippen LogP contribution in [0, 0.1) is 27.7 Å². The average Bonchev–Trinajstić information content (AvgIpc) is 3.36. The van der Waals surface area contributed by atoms with Crippen molar-refractivity contribution in [1.29, 1.82) is 0 Å². The molecular formula is C29H37N8O10PS. The summed E-state index contributed by atoms with van der Waals surface area (Å²) in [7, 11) is -4.66. The van der Waals surface area contributed by atoms with Gasteiger partial charge in [0.1, 0.15) is 30.0 Å². The van der Waals surface area contributed by atoms with E-state index in [1.165, 1.54) is 15.9 Å². The third-order valence-electron chi connectivity index (χ3n) is 7.67. The van der Waals surface area contributed by atoms with Crippen LogP contribution < -0.4 is 26.4 Å². The Morgan fingerprint density at radius 2 is 1.80 bits per heavy atom. The standard InChI is InChI=1S/C17H20N4O6.C12H17N4O4PS/c1-7-3-9-10(4-8(7)2)21(5-11(23)14(25)12(24)6-22)15-13(18-9)16(26)20-17(27)19-15;1-8-11(3-4-20-21(17,18)19)22-7-16(8)6-10-5-14-9(2)15-12(10)13/h3-4,11-12,14,22-25H,5-6H2,1-2H3,(H,20,26,27);5,7H,3-4,6H2,1-2H3,(H3-,13,14,15,17,18,19)/t11-,12+,14-;/m0./s1. The molecule has 0 radical (unpaired) electrons. The summed E-state index contributed by atoms with van der Waals surface area (Å²) in [6, 6.07) is 3.53. The van der Waals surface area contributed by atoms with Crippen LogP contribution in [0.15, 0.2) is 33.4 Å². The highest BCUT2D eigenvalue weighted by atomic mass is 32.1. The number of aromatic nitrogens is 7. The van der Waals surface area contributed by atoms with Crippen molar-refractivity contribution in [3.8, 4) is 11.5 Å².